The average molecular weight is 266 g/mol. The molecule has 3 atom stereocenters. The van der Waals surface area contributed by atoms with Crippen molar-refractivity contribution in [3.63, 3.8) is 0 Å². The van der Waals surface area contributed by atoms with E-state index in [1.165, 1.54) is 0 Å². The normalized spacial score (nSPS) is 26.2. The molecule has 1 saturated carbocycles. The third-order valence-corrected chi connectivity index (χ3v) is 3.51. The molecule has 1 fully saturated rings. The minimum absolute atomic E-state index is 0.0375. The number of rotatable bonds is 4. The number of nitriles is 1. The Labute approximate surface area is 112 Å². The SMILES string of the molecule is CCOC1CC(N)C1Nc1cccc(Cl)c1C#N. The Bertz CT molecular complexity index is 470. The van der Waals surface area contributed by atoms with Crippen LogP contribution in [0.1, 0.15) is 18.9 Å². The van der Waals surface area contributed by atoms with Crippen molar-refractivity contribution in [3.05, 3.63) is 28.8 Å². The van der Waals surface area contributed by atoms with Crippen LogP contribution in [-0.4, -0.2) is 24.8 Å². The third kappa shape index (κ3) is 2.44. The molecule has 0 saturated heterocycles. The molecular weight excluding hydrogens is 250 g/mol. The zero-order valence-electron chi connectivity index (χ0n) is 10.2. The van der Waals surface area contributed by atoms with Gasteiger partial charge in [-0.2, -0.15) is 5.26 Å². The minimum atomic E-state index is 0.0375. The maximum absolute atomic E-state index is 9.10. The number of halogens is 1. The molecule has 0 aromatic heterocycles. The molecule has 1 aromatic carbocycles. The van der Waals surface area contributed by atoms with Crippen molar-refractivity contribution in [1.29, 1.82) is 5.26 Å². The molecule has 0 bridgehead atoms. The van der Waals surface area contributed by atoms with Gasteiger partial charge < -0.3 is 15.8 Å². The molecule has 0 radical (unpaired) electrons. The van der Waals surface area contributed by atoms with E-state index in [0.717, 1.165) is 12.1 Å². The van der Waals surface area contributed by atoms with Gasteiger partial charge in [0.05, 0.1) is 28.4 Å². The van der Waals surface area contributed by atoms with Crippen LogP contribution in [0.15, 0.2) is 18.2 Å². The zero-order valence-corrected chi connectivity index (χ0v) is 10.9. The van der Waals surface area contributed by atoms with Gasteiger partial charge in [-0.3, -0.25) is 0 Å². The molecule has 0 spiro atoms. The van der Waals surface area contributed by atoms with Crippen LogP contribution < -0.4 is 11.1 Å². The summed E-state index contributed by atoms with van der Waals surface area (Å²) in [7, 11) is 0. The van der Waals surface area contributed by atoms with Gasteiger partial charge in [0.25, 0.3) is 0 Å². The van der Waals surface area contributed by atoms with E-state index in [4.69, 9.17) is 27.3 Å². The summed E-state index contributed by atoms with van der Waals surface area (Å²) in [5.41, 5.74) is 7.13. The van der Waals surface area contributed by atoms with Crippen molar-refractivity contribution in [3.8, 4) is 6.07 Å². The van der Waals surface area contributed by atoms with Gasteiger partial charge in [-0.15, -0.1) is 0 Å². The van der Waals surface area contributed by atoms with Crippen LogP contribution in [0.5, 0.6) is 0 Å². The largest absolute Gasteiger partial charge is 0.377 e. The van der Waals surface area contributed by atoms with E-state index in [1.807, 2.05) is 19.1 Å². The van der Waals surface area contributed by atoms with Crippen LogP contribution in [0.3, 0.4) is 0 Å². The second-order valence-corrected chi connectivity index (χ2v) is 4.74. The zero-order chi connectivity index (χ0) is 13.1. The first kappa shape index (κ1) is 13.2. The number of ether oxygens (including phenoxy) is 1. The molecule has 0 amide bonds. The van der Waals surface area contributed by atoms with E-state index < -0.39 is 0 Å². The Morgan fingerprint density at radius 2 is 2.39 bits per heavy atom. The van der Waals surface area contributed by atoms with Gasteiger partial charge in [0, 0.05) is 12.6 Å². The Hall–Kier alpha value is -1.28. The lowest BCUT2D eigenvalue weighted by atomic mass is 9.83. The van der Waals surface area contributed by atoms with E-state index in [-0.39, 0.29) is 18.2 Å². The second-order valence-electron chi connectivity index (χ2n) is 4.34. The molecule has 1 aliphatic carbocycles. The summed E-state index contributed by atoms with van der Waals surface area (Å²) in [6, 6.07) is 7.53. The molecule has 18 heavy (non-hydrogen) atoms. The van der Waals surface area contributed by atoms with Crippen molar-refractivity contribution in [2.75, 3.05) is 11.9 Å². The van der Waals surface area contributed by atoms with Gasteiger partial charge >= 0.3 is 0 Å². The highest BCUT2D eigenvalue weighted by molar-refractivity contribution is 6.32. The lowest BCUT2D eigenvalue weighted by Gasteiger charge is -2.43. The summed E-state index contributed by atoms with van der Waals surface area (Å²) in [6.45, 7) is 2.62. The Balaban J connectivity index is 2.14. The topological polar surface area (TPSA) is 71.1 Å². The molecule has 5 heteroatoms. The maximum atomic E-state index is 9.10. The summed E-state index contributed by atoms with van der Waals surface area (Å²) >= 11 is 5.98. The number of benzene rings is 1. The van der Waals surface area contributed by atoms with E-state index in [0.29, 0.717) is 17.2 Å². The predicted octanol–water partition coefficient (Wildman–Crippen LogP) is 2.13. The highest BCUT2D eigenvalue weighted by atomic mass is 35.5. The Morgan fingerprint density at radius 1 is 1.61 bits per heavy atom. The van der Waals surface area contributed by atoms with Gasteiger partial charge in [-0.25, -0.2) is 0 Å². The van der Waals surface area contributed by atoms with E-state index in [1.54, 1.807) is 6.07 Å². The van der Waals surface area contributed by atoms with Crippen LogP contribution in [-0.2, 0) is 4.74 Å². The lowest BCUT2D eigenvalue weighted by Crippen LogP contribution is -2.60. The molecule has 0 heterocycles. The molecule has 0 aliphatic heterocycles. The summed E-state index contributed by atoms with van der Waals surface area (Å²) in [6.07, 6.45) is 0.948. The third-order valence-electron chi connectivity index (χ3n) is 3.19. The van der Waals surface area contributed by atoms with Gasteiger partial charge in [-0.1, -0.05) is 17.7 Å². The Morgan fingerprint density at radius 3 is 3.00 bits per heavy atom. The summed E-state index contributed by atoms with van der Waals surface area (Å²) in [4.78, 5) is 0. The number of anilines is 1. The highest BCUT2D eigenvalue weighted by Gasteiger charge is 2.39. The molecule has 4 nitrogen and oxygen atoms in total. The molecule has 1 aromatic rings. The van der Waals surface area contributed by atoms with Crippen LogP contribution in [0.4, 0.5) is 5.69 Å². The average Bonchev–Trinajstić information content (AvgIpc) is 2.36. The molecule has 1 aliphatic rings. The fourth-order valence-electron chi connectivity index (χ4n) is 2.16. The first-order valence-corrected chi connectivity index (χ1v) is 6.37. The maximum Gasteiger partial charge on any atom is 0.103 e. The van der Waals surface area contributed by atoms with Crippen molar-refractivity contribution in [2.24, 2.45) is 5.73 Å². The summed E-state index contributed by atoms with van der Waals surface area (Å²) in [5, 5.41) is 12.8. The number of nitrogens with two attached hydrogens (primary N) is 1. The van der Waals surface area contributed by atoms with Crippen molar-refractivity contribution in [2.45, 2.75) is 31.5 Å². The van der Waals surface area contributed by atoms with Gasteiger partial charge in [0.15, 0.2) is 0 Å². The molecule has 3 unspecified atom stereocenters. The lowest BCUT2D eigenvalue weighted by molar-refractivity contribution is -0.0126. The minimum Gasteiger partial charge on any atom is -0.377 e. The van der Waals surface area contributed by atoms with Crippen LogP contribution in [0, 0.1) is 11.3 Å². The van der Waals surface area contributed by atoms with E-state index in [9.17, 15) is 0 Å². The number of hydrogen-bond donors (Lipinski definition) is 2. The first-order valence-electron chi connectivity index (χ1n) is 5.99. The molecule has 96 valence electrons. The fraction of sp³-hybridized carbons (Fsp3) is 0.462. The monoisotopic (exact) mass is 265 g/mol. The van der Waals surface area contributed by atoms with E-state index >= 15 is 0 Å². The quantitative estimate of drug-likeness (QED) is 0.875. The standard InChI is InChI=1S/C13H16ClN3O/c1-2-18-12-6-10(16)13(12)17-11-5-3-4-9(14)8(11)7-15/h3-5,10,12-13,17H,2,6,16H2,1H3. The number of nitrogens with zero attached hydrogens (tertiary/aromatic N) is 1. The first-order chi connectivity index (χ1) is 8.67. The molecule has 3 N–H and O–H groups in total. The summed E-state index contributed by atoms with van der Waals surface area (Å²) in [5.74, 6) is 0. The van der Waals surface area contributed by atoms with Gasteiger partial charge in [0.2, 0.25) is 0 Å². The number of nitrogens with one attached hydrogen (secondary N) is 1. The van der Waals surface area contributed by atoms with Gasteiger partial charge in [-0.05, 0) is 25.5 Å². The van der Waals surface area contributed by atoms with Crippen LogP contribution >= 0.6 is 11.6 Å². The molecule has 2 rings (SSSR count). The fourth-order valence-corrected chi connectivity index (χ4v) is 2.38. The Kier molecular flexibility index (Phi) is 4.07. The van der Waals surface area contributed by atoms with Crippen LogP contribution in [0.2, 0.25) is 5.02 Å². The second kappa shape index (κ2) is 5.57. The van der Waals surface area contributed by atoms with Crippen molar-refractivity contribution >= 4 is 17.3 Å². The predicted molar refractivity (Wildman–Crippen MR) is 71.6 cm³/mol. The molecular formula is C13H16ClN3O. The smallest absolute Gasteiger partial charge is 0.103 e. The van der Waals surface area contributed by atoms with Crippen LogP contribution in [0.25, 0.3) is 0 Å². The summed E-state index contributed by atoms with van der Waals surface area (Å²) < 4.78 is 5.58. The van der Waals surface area contributed by atoms with Crippen molar-refractivity contribution in [1.82, 2.24) is 0 Å². The van der Waals surface area contributed by atoms with Crippen molar-refractivity contribution < 1.29 is 4.74 Å². The van der Waals surface area contributed by atoms with Gasteiger partial charge in [0.1, 0.15) is 6.07 Å². The number of hydrogen-bond acceptors (Lipinski definition) is 4. The highest BCUT2D eigenvalue weighted by Crippen LogP contribution is 2.30. The van der Waals surface area contributed by atoms with E-state index in [2.05, 4.69) is 11.4 Å².